The molecule has 17 heavy (non-hydrogen) atoms. The molecule has 0 aromatic rings. The minimum atomic E-state index is -1.26. The summed E-state index contributed by atoms with van der Waals surface area (Å²) < 4.78 is 0.595. The Morgan fingerprint density at radius 1 is 1.41 bits per heavy atom. The minimum Gasteiger partial charge on any atom is -0.383 e. The van der Waals surface area contributed by atoms with Gasteiger partial charge in [-0.2, -0.15) is 0 Å². The highest BCUT2D eigenvalue weighted by Crippen LogP contribution is 2.04. The Morgan fingerprint density at radius 2 is 1.94 bits per heavy atom. The van der Waals surface area contributed by atoms with Crippen LogP contribution in [0.2, 0.25) is 0 Å². The highest BCUT2D eigenvalue weighted by molar-refractivity contribution is 5.92. The normalized spacial score (nSPS) is 15.2. The first-order valence-corrected chi connectivity index (χ1v) is 5.84. The summed E-state index contributed by atoms with van der Waals surface area (Å²) in [6, 6.07) is 0. The van der Waals surface area contributed by atoms with Crippen molar-refractivity contribution in [3.63, 3.8) is 0 Å². The van der Waals surface area contributed by atoms with E-state index in [1.807, 2.05) is 14.1 Å². The lowest BCUT2D eigenvalue weighted by Crippen LogP contribution is -2.53. The van der Waals surface area contributed by atoms with Crippen LogP contribution in [-0.2, 0) is 4.79 Å². The van der Waals surface area contributed by atoms with Crippen LogP contribution in [0.25, 0.3) is 0 Å². The second kappa shape index (κ2) is 6.74. The fourth-order valence-electron chi connectivity index (χ4n) is 1.66. The number of amides is 1. The molecule has 0 radical (unpaired) electrons. The van der Waals surface area contributed by atoms with Gasteiger partial charge in [-0.1, -0.05) is 13.5 Å². The number of rotatable bonds is 7. The van der Waals surface area contributed by atoms with Gasteiger partial charge in [-0.05, 0) is 13.3 Å². The van der Waals surface area contributed by atoms with Crippen LogP contribution in [0.5, 0.6) is 0 Å². The van der Waals surface area contributed by atoms with Crippen molar-refractivity contribution in [3.8, 4) is 0 Å². The number of aliphatic hydroxyl groups excluding tert-OH is 2. The van der Waals surface area contributed by atoms with Crippen molar-refractivity contribution in [3.05, 3.63) is 12.2 Å². The largest absolute Gasteiger partial charge is 0.383 e. The standard InChI is InChI=1S/C12H24N2O3/c1-6-7-14(4,5)8-10(15)12(17)13-11(16)9(2)3/h10,12,15,17H,2,6-8H2,1,3-5H3/p+1. The smallest absolute Gasteiger partial charge is 0.248 e. The van der Waals surface area contributed by atoms with Crippen LogP contribution < -0.4 is 5.32 Å². The highest BCUT2D eigenvalue weighted by Gasteiger charge is 2.26. The molecule has 2 unspecified atom stereocenters. The first-order chi connectivity index (χ1) is 7.69. The Kier molecular flexibility index (Phi) is 6.37. The molecule has 0 saturated heterocycles. The summed E-state index contributed by atoms with van der Waals surface area (Å²) in [5, 5.41) is 21.7. The molecule has 100 valence electrons. The van der Waals surface area contributed by atoms with Crippen LogP contribution >= 0.6 is 0 Å². The topological polar surface area (TPSA) is 69.6 Å². The Balaban J connectivity index is 4.26. The van der Waals surface area contributed by atoms with E-state index in [1.165, 1.54) is 0 Å². The van der Waals surface area contributed by atoms with Gasteiger partial charge >= 0.3 is 0 Å². The second-order valence-electron chi connectivity index (χ2n) is 5.11. The summed E-state index contributed by atoms with van der Waals surface area (Å²) in [6.45, 7) is 8.35. The predicted molar refractivity (Wildman–Crippen MR) is 67.1 cm³/mol. The van der Waals surface area contributed by atoms with Crippen molar-refractivity contribution in [2.75, 3.05) is 27.2 Å². The van der Waals surface area contributed by atoms with Crippen molar-refractivity contribution in [2.45, 2.75) is 32.6 Å². The summed E-state index contributed by atoms with van der Waals surface area (Å²) in [5.74, 6) is -0.447. The van der Waals surface area contributed by atoms with Gasteiger partial charge in [-0.25, -0.2) is 0 Å². The molecular weight excluding hydrogens is 220 g/mol. The monoisotopic (exact) mass is 245 g/mol. The van der Waals surface area contributed by atoms with Crippen LogP contribution in [0, 0.1) is 0 Å². The maximum absolute atomic E-state index is 11.3. The van der Waals surface area contributed by atoms with E-state index in [1.54, 1.807) is 6.92 Å². The maximum Gasteiger partial charge on any atom is 0.248 e. The van der Waals surface area contributed by atoms with Gasteiger partial charge in [0.25, 0.3) is 0 Å². The van der Waals surface area contributed by atoms with Gasteiger partial charge in [-0.15, -0.1) is 0 Å². The molecule has 0 aliphatic heterocycles. The molecule has 0 aliphatic carbocycles. The zero-order valence-electron chi connectivity index (χ0n) is 11.2. The van der Waals surface area contributed by atoms with E-state index >= 15 is 0 Å². The van der Waals surface area contributed by atoms with Gasteiger partial charge in [0.1, 0.15) is 12.6 Å². The summed E-state index contributed by atoms with van der Waals surface area (Å²) in [4.78, 5) is 11.3. The van der Waals surface area contributed by atoms with Gasteiger partial charge in [-0.3, -0.25) is 4.79 Å². The van der Waals surface area contributed by atoms with Crippen molar-refractivity contribution in [1.82, 2.24) is 5.32 Å². The van der Waals surface area contributed by atoms with Gasteiger partial charge in [0.2, 0.25) is 5.91 Å². The fourth-order valence-corrected chi connectivity index (χ4v) is 1.66. The van der Waals surface area contributed by atoms with Gasteiger partial charge in [0, 0.05) is 5.57 Å². The lowest BCUT2D eigenvalue weighted by Gasteiger charge is -2.33. The first kappa shape index (κ1) is 16.1. The number of hydrogen-bond acceptors (Lipinski definition) is 3. The van der Waals surface area contributed by atoms with Gasteiger partial charge < -0.3 is 20.0 Å². The zero-order valence-corrected chi connectivity index (χ0v) is 11.2. The lowest BCUT2D eigenvalue weighted by atomic mass is 10.2. The molecule has 3 N–H and O–H groups in total. The molecule has 0 aromatic carbocycles. The van der Waals surface area contributed by atoms with E-state index in [-0.39, 0.29) is 0 Å². The fraction of sp³-hybridized carbons (Fsp3) is 0.750. The van der Waals surface area contributed by atoms with Crippen molar-refractivity contribution in [1.29, 1.82) is 0 Å². The quantitative estimate of drug-likeness (QED) is 0.332. The van der Waals surface area contributed by atoms with E-state index in [2.05, 4.69) is 18.8 Å². The molecule has 5 nitrogen and oxygen atoms in total. The Bertz CT molecular complexity index is 277. The van der Waals surface area contributed by atoms with Crippen LogP contribution in [-0.4, -0.2) is 60.1 Å². The molecule has 0 fully saturated rings. The molecule has 1 amide bonds. The third-order valence-corrected chi connectivity index (χ3v) is 2.54. The SMILES string of the molecule is C=C(C)C(=O)NC(O)C(O)C[N+](C)(C)CCC. The molecule has 5 heteroatoms. The summed E-state index contributed by atoms with van der Waals surface area (Å²) in [6.07, 6.45) is -1.25. The second-order valence-corrected chi connectivity index (χ2v) is 5.11. The summed E-state index contributed by atoms with van der Waals surface area (Å²) in [7, 11) is 3.94. The molecule has 0 saturated carbocycles. The summed E-state index contributed by atoms with van der Waals surface area (Å²) >= 11 is 0. The number of nitrogens with zero attached hydrogens (tertiary/aromatic N) is 1. The van der Waals surface area contributed by atoms with Crippen molar-refractivity contribution in [2.24, 2.45) is 0 Å². The van der Waals surface area contributed by atoms with Crippen LogP contribution in [0.4, 0.5) is 0 Å². The van der Waals surface area contributed by atoms with Crippen LogP contribution in [0.3, 0.4) is 0 Å². The molecule has 0 heterocycles. The van der Waals surface area contributed by atoms with E-state index in [0.717, 1.165) is 13.0 Å². The third kappa shape index (κ3) is 6.41. The van der Waals surface area contributed by atoms with Crippen LogP contribution in [0.15, 0.2) is 12.2 Å². The van der Waals surface area contributed by atoms with E-state index in [0.29, 0.717) is 16.6 Å². The Hall–Kier alpha value is -0.910. The van der Waals surface area contributed by atoms with E-state index < -0.39 is 18.2 Å². The molecular formula is C12H25N2O3+. The first-order valence-electron chi connectivity index (χ1n) is 5.84. The molecule has 0 aromatic heterocycles. The molecule has 0 bridgehead atoms. The Labute approximate surface area is 103 Å². The average Bonchev–Trinajstić information content (AvgIpc) is 2.16. The van der Waals surface area contributed by atoms with E-state index in [9.17, 15) is 15.0 Å². The van der Waals surface area contributed by atoms with Crippen molar-refractivity contribution < 1.29 is 19.5 Å². The van der Waals surface area contributed by atoms with Gasteiger partial charge in [0.15, 0.2) is 6.23 Å². The molecule has 0 rings (SSSR count). The third-order valence-electron chi connectivity index (χ3n) is 2.54. The lowest BCUT2D eigenvalue weighted by molar-refractivity contribution is -0.893. The number of likely N-dealkylation sites (N-methyl/N-ethyl adjacent to an activating group) is 1. The molecule has 2 atom stereocenters. The van der Waals surface area contributed by atoms with Gasteiger partial charge in [0.05, 0.1) is 20.6 Å². The number of hydrogen-bond donors (Lipinski definition) is 3. The summed E-state index contributed by atoms with van der Waals surface area (Å²) in [5.41, 5.74) is 0.304. The number of quaternary nitrogens is 1. The number of aliphatic hydroxyl groups is 2. The molecule has 0 aliphatic rings. The van der Waals surface area contributed by atoms with Crippen LogP contribution in [0.1, 0.15) is 20.3 Å². The minimum absolute atomic E-state index is 0.304. The average molecular weight is 245 g/mol. The molecule has 0 spiro atoms. The highest BCUT2D eigenvalue weighted by atomic mass is 16.3. The predicted octanol–water partition coefficient (Wildman–Crippen LogP) is -0.156. The van der Waals surface area contributed by atoms with E-state index in [4.69, 9.17) is 0 Å². The van der Waals surface area contributed by atoms with Crippen molar-refractivity contribution >= 4 is 5.91 Å². The zero-order chi connectivity index (χ0) is 13.6. The Morgan fingerprint density at radius 3 is 2.35 bits per heavy atom. The maximum atomic E-state index is 11.3. The number of nitrogens with one attached hydrogen (secondary N) is 1. The number of carbonyl (C=O) groups is 1. The number of carbonyl (C=O) groups excluding carboxylic acids is 1.